The number of imidazole rings is 1. The fraction of sp³-hybridized carbons (Fsp3) is 0.500. The van der Waals surface area contributed by atoms with Crippen molar-refractivity contribution in [3.63, 3.8) is 0 Å². The van der Waals surface area contributed by atoms with E-state index in [1.54, 1.807) is 0 Å². The van der Waals surface area contributed by atoms with E-state index in [9.17, 15) is 8.42 Å². The zero-order valence-electron chi connectivity index (χ0n) is 14.5. The number of hydrogen-bond donors (Lipinski definition) is 0. The Bertz CT molecular complexity index is 905. The average molecular weight is 360 g/mol. The zero-order valence-corrected chi connectivity index (χ0v) is 15.3. The highest BCUT2D eigenvalue weighted by Crippen LogP contribution is 2.28. The maximum atomic E-state index is 12.2. The van der Waals surface area contributed by atoms with Crippen LogP contribution < -0.4 is 0 Å². The number of rotatable bonds is 4. The molecule has 134 valence electrons. The van der Waals surface area contributed by atoms with Gasteiger partial charge in [-0.3, -0.25) is 9.80 Å². The summed E-state index contributed by atoms with van der Waals surface area (Å²) in [5.74, 6) is 1.51. The van der Waals surface area contributed by atoms with E-state index < -0.39 is 9.84 Å². The van der Waals surface area contributed by atoms with Crippen molar-refractivity contribution in [1.82, 2.24) is 19.4 Å². The SMILES string of the molecule is C=CCn1c(CN2CCN(C)[C@@H]3CS(=O)(=O)C[C@@H]32)nc2ccccc21. The minimum absolute atomic E-state index is 0.0562. The van der Waals surface area contributed by atoms with Crippen LogP contribution in [0.5, 0.6) is 0 Å². The van der Waals surface area contributed by atoms with Crippen molar-refractivity contribution in [2.45, 2.75) is 25.2 Å². The minimum Gasteiger partial charge on any atom is -0.323 e. The summed E-state index contributed by atoms with van der Waals surface area (Å²) in [5, 5.41) is 0. The second kappa shape index (κ2) is 6.23. The van der Waals surface area contributed by atoms with Gasteiger partial charge in [-0.1, -0.05) is 18.2 Å². The summed E-state index contributed by atoms with van der Waals surface area (Å²) in [6.07, 6.45) is 1.88. The van der Waals surface area contributed by atoms with Gasteiger partial charge in [-0.25, -0.2) is 13.4 Å². The summed E-state index contributed by atoms with van der Waals surface area (Å²) in [7, 11) is -0.928. The van der Waals surface area contributed by atoms with E-state index in [4.69, 9.17) is 4.98 Å². The highest BCUT2D eigenvalue weighted by molar-refractivity contribution is 7.91. The number of para-hydroxylation sites is 2. The second-order valence-electron chi connectivity index (χ2n) is 7.08. The molecule has 2 fully saturated rings. The Kier molecular flexibility index (Phi) is 4.17. The first-order valence-electron chi connectivity index (χ1n) is 8.68. The van der Waals surface area contributed by atoms with Gasteiger partial charge >= 0.3 is 0 Å². The Morgan fingerprint density at radius 1 is 1.24 bits per heavy atom. The number of hydrogen-bond acceptors (Lipinski definition) is 5. The molecular formula is C18H24N4O2S. The minimum atomic E-state index is -2.96. The molecular weight excluding hydrogens is 336 g/mol. The molecule has 2 aliphatic rings. The van der Waals surface area contributed by atoms with Crippen molar-refractivity contribution in [1.29, 1.82) is 0 Å². The molecule has 0 N–H and O–H groups in total. The number of allylic oxidation sites excluding steroid dienone is 1. The van der Waals surface area contributed by atoms with Crippen molar-refractivity contribution < 1.29 is 8.42 Å². The van der Waals surface area contributed by atoms with E-state index in [1.807, 2.05) is 31.3 Å². The maximum absolute atomic E-state index is 12.2. The lowest BCUT2D eigenvalue weighted by molar-refractivity contribution is 0.0549. The van der Waals surface area contributed by atoms with Crippen LogP contribution in [-0.4, -0.2) is 71.5 Å². The van der Waals surface area contributed by atoms with E-state index >= 15 is 0 Å². The standard InChI is InChI=1S/C18H24N4O2S/c1-3-8-22-15-7-5-4-6-14(15)19-18(22)11-21-10-9-20(2)16-12-25(23,24)13-17(16)21/h3-7,16-17H,1,8-13H2,2H3/t16-,17+/m1/s1. The quantitative estimate of drug-likeness (QED) is 0.765. The van der Waals surface area contributed by atoms with E-state index in [2.05, 4.69) is 27.0 Å². The molecule has 2 atom stereocenters. The molecule has 4 rings (SSSR count). The fourth-order valence-corrected chi connectivity index (χ4v) is 6.24. The first kappa shape index (κ1) is 16.8. The maximum Gasteiger partial charge on any atom is 0.153 e. The van der Waals surface area contributed by atoms with E-state index in [0.717, 1.165) is 29.9 Å². The third-order valence-electron chi connectivity index (χ3n) is 5.46. The number of sulfone groups is 1. The Hall–Kier alpha value is -1.70. The lowest BCUT2D eigenvalue weighted by atomic mass is 10.1. The molecule has 1 aromatic carbocycles. The Balaban J connectivity index is 1.67. The molecule has 0 radical (unpaired) electrons. The van der Waals surface area contributed by atoms with Crippen LogP contribution in [0.2, 0.25) is 0 Å². The molecule has 7 heteroatoms. The van der Waals surface area contributed by atoms with Gasteiger partial charge in [0, 0.05) is 31.7 Å². The number of fused-ring (bicyclic) bond motifs is 2. The summed E-state index contributed by atoms with van der Waals surface area (Å²) >= 11 is 0. The van der Waals surface area contributed by atoms with E-state index in [0.29, 0.717) is 13.1 Å². The first-order valence-corrected chi connectivity index (χ1v) is 10.5. The lowest BCUT2D eigenvalue weighted by Gasteiger charge is -2.42. The van der Waals surface area contributed by atoms with Crippen LogP contribution in [0, 0.1) is 0 Å². The second-order valence-corrected chi connectivity index (χ2v) is 9.23. The van der Waals surface area contributed by atoms with Crippen LogP contribution in [0.4, 0.5) is 0 Å². The molecule has 0 unspecified atom stereocenters. The third kappa shape index (κ3) is 3.01. The molecule has 0 aliphatic carbocycles. The Morgan fingerprint density at radius 3 is 2.80 bits per heavy atom. The topological polar surface area (TPSA) is 58.4 Å². The summed E-state index contributed by atoms with van der Waals surface area (Å²) in [4.78, 5) is 9.30. The van der Waals surface area contributed by atoms with Gasteiger partial charge in [-0.15, -0.1) is 6.58 Å². The molecule has 0 amide bonds. The van der Waals surface area contributed by atoms with Crippen LogP contribution in [0.1, 0.15) is 5.82 Å². The monoisotopic (exact) mass is 360 g/mol. The lowest BCUT2D eigenvalue weighted by Crippen LogP contribution is -2.57. The first-order chi connectivity index (χ1) is 12.0. The van der Waals surface area contributed by atoms with Gasteiger partial charge in [-0.05, 0) is 19.2 Å². The van der Waals surface area contributed by atoms with Crippen molar-refractivity contribution in [2.75, 3.05) is 31.6 Å². The van der Waals surface area contributed by atoms with E-state index in [1.165, 1.54) is 0 Å². The number of benzene rings is 1. The molecule has 1 aromatic heterocycles. The Morgan fingerprint density at radius 2 is 2.00 bits per heavy atom. The normalized spacial score (nSPS) is 26.8. The van der Waals surface area contributed by atoms with Crippen LogP contribution in [-0.2, 0) is 22.9 Å². The summed E-state index contributed by atoms with van der Waals surface area (Å²) < 4.78 is 26.5. The molecule has 0 spiro atoms. The van der Waals surface area contributed by atoms with Gasteiger partial charge in [0.2, 0.25) is 0 Å². The summed E-state index contributed by atoms with van der Waals surface area (Å²) in [6, 6.07) is 8.25. The van der Waals surface area contributed by atoms with Crippen LogP contribution in [0.3, 0.4) is 0 Å². The van der Waals surface area contributed by atoms with Crippen LogP contribution in [0.15, 0.2) is 36.9 Å². The smallest absolute Gasteiger partial charge is 0.153 e. The molecule has 3 heterocycles. The molecule has 2 saturated heterocycles. The van der Waals surface area contributed by atoms with Gasteiger partial charge in [0.15, 0.2) is 9.84 Å². The summed E-state index contributed by atoms with van der Waals surface area (Å²) in [6.45, 7) is 7.00. The third-order valence-corrected chi connectivity index (χ3v) is 7.16. The highest BCUT2D eigenvalue weighted by atomic mass is 32.2. The Labute approximate surface area is 148 Å². The number of nitrogens with zero attached hydrogens (tertiary/aromatic N) is 4. The predicted molar refractivity (Wildman–Crippen MR) is 99.2 cm³/mol. The van der Waals surface area contributed by atoms with Gasteiger partial charge in [0.1, 0.15) is 5.82 Å². The molecule has 6 nitrogen and oxygen atoms in total. The van der Waals surface area contributed by atoms with Crippen LogP contribution in [0.25, 0.3) is 11.0 Å². The number of aromatic nitrogens is 2. The van der Waals surface area contributed by atoms with Gasteiger partial charge in [0.25, 0.3) is 0 Å². The van der Waals surface area contributed by atoms with Crippen molar-refractivity contribution in [3.8, 4) is 0 Å². The molecule has 25 heavy (non-hydrogen) atoms. The fourth-order valence-electron chi connectivity index (χ4n) is 4.15. The molecule has 2 aliphatic heterocycles. The zero-order chi connectivity index (χ0) is 17.6. The van der Waals surface area contributed by atoms with Crippen LogP contribution >= 0.6 is 0 Å². The summed E-state index contributed by atoms with van der Waals surface area (Å²) in [5.41, 5.74) is 2.08. The van der Waals surface area contributed by atoms with Gasteiger partial charge < -0.3 is 4.57 Å². The highest BCUT2D eigenvalue weighted by Gasteiger charge is 2.45. The molecule has 0 saturated carbocycles. The van der Waals surface area contributed by atoms with Gasteiger partial charge in [-0.2, -0.15) is 0 Å². The van der Waals surface area contributed by atoms with Gasteiger partial charge in [0.05, 0.1) is 29.1 Å². The van der Waals surface area contributed by atoms with Crippen molar-refractivity contribution >= 4 is 20.9 Å². The van der Waals surface area contributed by atoms with E-state index in [-0.39, 0.29) is 23.6 Å². The predicted octanol–water partition coefficient (Wildman–Crippen LogP) is 1.14. The largest absolute Gasteiger partial charge is 0.323 e. The molecule has 0 bridgehead atoms. The number of likely N-dealkylation sites (N-methyl/N-ethyl adjacent to an activating group) is 1. The van der Waals surface area contributed by atoms with Crippen molar-refractivity contribution in [2.24, 2.45) is 0 Å². The number of piperazine rings is 1. The van der Waals surface area contributed by atoms with Crippen molar-refractivity contribution in [3.05, 3.63) is 42.7 Å². The molecule has 2 aromatic rings. The average Bonchev–Trinajstić information content (AvgIpc) is 3.09.